The number of ether oxygens (including phenoxy) is 1. The molecule has 108 valence electrons. The molecule has 0 aliphatic carbocycles. The van der Waals surface area contributed by atoms with Crippen molar-refractivity contribution in [1.29, 1.82) is 0 Å². The Kier molecular flexibility index (Phi) is 3.51. The Morgan fingerprint density at radius 1 is 1.14 bits per heavy atom. The van der Waals surface area contributed by atoms with E-state index in [0.717, 1.165) is 0 Å². The maximum absolute atomic E-state index is 13.9. The highest BCUT2D eigenvalue weighted by Crippen LogP contribution is 2.35. The molecule has 21 heavy (non-hydrogen) atoms. The van der Waals surface area contributed by atoms with E-state index in [9.17, 15) is 13.6 Å². The summed E-state index contributed by atoms with van der Waals surface area (Å²) in [6, 6.07) is 9.48. The summed E-state index contributed by atoms with van der Waals surface area (Å²) in [7, 11) is 0. The summed E-state index contributed by atoms with van der Waals surface area (Å²) < 4.78 is 32.2. The smallest absolute Gasteiger partial charge is 0.415 e. The van der Waals surface area contributed by atoms with Gasteiger partial charge in [0, 0.05) is 0 Å². The van der Waals surface area contributed by atoms with Gasteiger partial charge in [-0.05, 0) is 29.8 Å². The maximum Gasteiger partial charge on any atom is 0.415 e. The highest BCUT2D eigenvalue weighted by molar-refractivity contribution is 6.30. The van der Waals surface area contributed by atoms with E-state index in [-0.39, 0.29) is 17.3 Å². The summed E-state index contributed by atoms with van der Waals surface area (Å²) in [6.07, 6.45) is -0.648. The Bertz CT molecular complexity index is 708. The minimum atomic E-state index is -0.648. The number of carbonyl (C=O) groups is 1. The van der Waals surface area contributed by atoms with Crippen LogP contribution in [0.4, 0.5) is 19.3 Å². The van der Waals surface area contributed by atoms with Gasteiger partial charge in [0.05, 0.1) is 16.8 Å². The summed E-state index contributed by atoms with van der Waals surface area (Å²) in [5.74, 6) is -1.09. The average molecular weight is 310 g/mol. The van der Waals surface area contributed by atoms with Gasteiger partial charge in [0.1, 0.15) is 18.2 Å². The number of cyclic esters (lactones) is 1. The average Bonchev–Trinajstić information content (AvgIpc) is 2.84. The van der Waals surface area contributed by atoms with Crippen LogP contribution in [0.15, 0.2) is 42.5 Å². The Morgan fingerprint density at radius 3 is 2.62 bits per heavy atom. The van der Waals surface area contributed by atoms with Crippen molar-refractivity contribution in [2.45, 2.75) is 6.04 Å². The topological polar surface area (TPSA) is 29.5 Å². The number of nitrogens with zero attached hydrogens (tertiary/aromatic N) is 1. The van der Waals surface area contributed by atoms with Gasteiger partial charge in [0.2, 0.25) is 0 Å². The van der Waals surface area contributed by atoms with E-state index >= 15 is 0 Å². The number of halogens is 3. The molecule has 0 saturated carbocycles. The quantitative estimate of drug-likeness (QED) is 0.827. The van der Waals surface area contributed by atoms with Gasteiger partial charge in [-0.15, -0.1) is 0 Å². The first kappa shape index (κ1) is 13.8. The van der Waals surface area contributed by atoms with E-state index in [1.54, 1.807) is 6.07 Å². The van der Waals surface area contributed by atoms with Gasteiger partial charge in [-0.1, -0.05) is 29.8 Å². The minimum absolute atomic E-state index is 0.0507. The van der Waals surface area contributed by atoms with E-state index in [1.165, 1.54) is 41.3 Å². The second-order valence-corrected chi connectivity index (χ2v) is 4.99. The zero-order chi connectivity index (χ0) is 15.0. The molecule has 3 rings (SSSR count). The molecule has 0 aromatic heterocycles. The standard InChI is InChI=1S/C15H10ClF2NO2/c16-10-7-9(5-6-11(10)17)14-8-21-15(20)19(14)13-4-2-1-3-12(13)18/h1-7,14H,8H2. The maximum atomic E-state index is 13.9. The van der Waals surface area contributed by atoms with E-state index in [4.69, 9.17) is 16.3 Å². The zero-order valence-corrected chi connectivity index (χ0v) is 11.5. The number of anilines is 1. The number of rotatable bonds is 2. The molecule has 0 spiro atoms. The lowest BCUT2D eigenvalue weighted by Crippen LogP contribution is -2.28. The van der Waals surface area contributed by atoms with E-state index < -0.39 is 23.8 Å². The molecule has 3 nitrogen and oxygen atoms in total. The first-order chi connectivity index (χ1) is 10.1. The van der Waals surface area contributed by atoms with Crippen LogP contribution in [0.2, 0.25) is 5.02 Å². The first-order valence-electron chi connectivity index (χ1n) is 6.23. The van der Waals surface area contributed by atoms with Crippen molar-refractivity contribution < 1.29 is 18.3 Å². The minimum Gasteiger partial charge on any atom is -0.447 e. The molecule has 0 bridgehead atoms. The van der Waals surface area contributed by atoms with E-state index in [2.05, 4.69) is 0 Å². The predicted octanol–water partition coefficient (Wildman–Crippen LogP) is 4.32. The number of amides is 1. The third kappa shape index (κ3) is 2.45. The van der Waals surface area contributed by atoms with Crippen molar-refractivity contribution in [3.05, 3.63) is 64.7 Å². The van der Waals surface area contributed by atoms with Gasteiger partial charge in [-0.2, -0.15) is 0 Å². The van der Waals surface area contributed by atoms with E-state index in [1.807, 2.05) is 0 Å². The lowest BCUT2D eigenvalue weighted by atomic mass is 10.1. The largest absolute Gasteiger partial charge is 0.447 e. The molecule has 0 radical (unpaired) electrons. The zero-order valence-electron chi connectivity index (χ0n) is 10.7. The highest BCUT2D eigenvalue weighted by Gasteiger charge is 2.36. The van der Waals surface area contributed by atoms with Crippen LogP contribution in [0.1, 0.15) is 11.6 Å². The molecular formula is C15H10ClF2NO2. The van der Waals surface area contributed by atoms with Crippen LogP contribution in [0.5, 0.6) is 0 Å². The summed E-state index contributed by atoms with van der Waals surface area (Å²) in [6.45, 7) is 0.0507. The third-order valence-corrected chi connectivity index (χ3v) is 3.60. The summed E-state index contributed by atoms with van der Waals surface area (Å²) >= 11 is 5.76. The third-order valence-electron chi connectivity index (χ3n) is 3.31. The van der Waals surface area contributed by atoms with Gasteiger partial charge in [0.25, 0.3) is 0 Å². The van der Waals surface area contributed by atoms with Crippen LogP contribution in [-0.2, 0) is 4.74 Å². The van der Waals surface area contributed by atoms with Crippen LogP contribution in [0, 0.1) is 11.6 Å². The van der Waals surface area contributed by atoms with Crippen LogP contribution < -0.4 is 4.90 Å². The highest BCUT2D eigenvalue weighted by atomic mass is 35.5. The molecule has 0 N–H and O–H groups in total. The first-order valence-corrected chi connectivity index (χ1v) is 6.61. The molecule has 1 fully saturated rings. The second kappa shape index (κ2) is 5.33. The van der Waals surface area contributed by atoms with Gasteiger partial charge >= 0.3 is 6.09 Å². The van der Waals surface area contributed by atoms with Crippen LogP contribution in [-0.4, -0.2) is 12.7 Å². The van der Waals surface area contributed by atoms with Crippen molar-refractivity contribution in [2.75, 3.05) is 11.5 Å². The van der Waals surface area contributed by atoms with Crippen molar-refractivity contribution >= 4 is 23.4 Å². The van der Waals surface area contributed by atoms with Crippen molar-refractivity contribution in [1.82, 2.24) is 0 Å². The molecule has 2 aromatic rings. The van der Waals surface area contributed by atoms with E-state index in [0.29, 0.717) is 5.56 Å². The van der Waals surface area contributed by atoms with Gasteiger partial charge < -0.3 is 4.74 Å². The number of para-hydroxylation sites is 1. The van der Waals surface area contributed by atoms with Gasteiger partial charge in [0.15, 0.2) is 0 Å². The molecule has 1 amide bonds. The molecule has 1 saturated heterocycles. The number of hydrogen-bond donors (Lipinski definition) is 0. The second-order valence-electron chi connectivity index (χ2n) is 4.59. The fourth-order valence-electron chi connectivity index (χ4n) is 2.30. The number of hydrogen-bond acceptors (Lipinski definition) is 2. The fourth-order valence-corrected chi connectivity index (χ4v) is 2.49. The molecule has 6 heteroatoms. The molecule has 2 aromatic carbocycles. The normalized spacial score (nSPS) is 18.0. The summed E-state index contributed by atoms with van der Waals surface area (Å²) in [5.41, 5.74) is 0.695. The lowest BCUT2D eigenvalue weighted by molar-refractivity contribution is 0.179. The lowest BCUT2D eigenvalue weighted by Gasteiger charge is -2.22. The van der Waals surface area contributed by atoms with Gasteiger partial charge in [-0.3, -0.25) is 4.90 Å². The van der Waals surface area contributed by atoms with Crippen LogP contribution >= 0.6 is 11.6 Å². The monoisotopic (exact) mass is 309 g/mol. The summed E-state index contributed by atoms with van der Waals surface area (Å²) in [5, 5.41) is -0.0552. The number of carbonyl (C=O) groups excluding carboxylic acids is 1. The van der Waals surface area contributed by atoms with Gasteiger partial charge in [-0.25, -0.2) is 13.6 Å². The van der Waals surface area contributed by atoms with Crippen molar-refractivity contribution in [3.63, 3.8) is 0 Å². The Morgan fingerprint density at radius 2 is 1.90 bits per heavy atom. The Hall–Kier alpha value is -2.14. The van der Waals surface area contributed by atoms with Crippen molar-refractivity contribution in [3.8, 4) is 0 Å². The van der Waals surface area contributed by atoms with Crippen molar-refractivity contribution in [2.24, 2.45) is 0 Å². The Balaban J connectivity index is 2.03. The molecule has 1 aliphatic rings. The molecule has 1 heterocycles. The van der Waals surface area contributed by atoms with Crippen LogP contribution in [0.25, 0.3) is 0 Å². The predicted molar refractivity (Wildman–Crippen MR) is 74.4 cm³/mol. The molecule has 1 aliphatic heterocycles. The molecule has 1 atom stereocenters. The molecular weight excluding hydrogens is 300 g/mol. The van der Waals surface area contributed by atoms with Crippen LogP contribution in [0.3, 0.4) is 0 Å². The fraction of sp³-hybridized carbons (Fsp3) is 0.133. The summed E-state index contributed by atoms with van der Waals surface area (Å²) in [4.78, 5) is 13.1. The number of benzene rings is 2. The molecule has 1 unspecified atom stereocenters. The SMILES string of the molecule is O=C1OCC(c2ccc(F)c(Cl)c2)N1c1ccccc1F. The Labute approximate surface area is 124 Å².